The fraction of sp³-hybridized carbons (Fsp3) is 0.0435. The summed E-state index contributed by atoms with van der Waals surface area (Å²) in [5.74, 6) is -2.35. The molecule has 0 saturated heterocycles. The summed E-state index contributed by atoms with van der Waals surface area (Å²) in [6.45, 7) is 0. The summed E-state index contributed by atoms with van der Waals surface area (Å²) in [5.41, 5.74) is 3.60. The van der Waals surface area contributed by atoms with Crippen LogP contribution < -0.4 is 21.1 Å². The Kier molecular flexibility index (Phi) is 6.30. The van der Waals surface area contributed by atoms with Crippen molar-refractivity contribution >= 4 is 38.3 Å². The molecule has 0 aliphatic heterocycles. The van der Waals surface area contributed by atoms with Gasteiger partial charge < -0.3 is 0 Å². The normalized spacial score (nSPS) is 11.1. The van der Waals surface area contributed by atoms with Crippen LogP contribution in [0.3, 0.4) is 0 Å². The second kappa shape index (κ2) is 9.35. The number of hydrogen-bond acceptors (Lipinski definition) is 6. The first-order valence-electron chi connectivity index (χ1n) is 10.1. The van der Waals surface area contributed by atoms with Gasteiger partial charge in [-0.3, -0.25) is 30.0 Å². The number of aromatic nitrogens is 2. The quantitative estimate of drug-likeness (QED) is 0.362. The van der Waals surface area contributed by atoms with E-state index < -0.39 is 27.7 Å². The van der Waals surface area contributed by atoms with Crippen molar-refractivity contribution in [2.75, 3.05) is 4.72 Å². The summed E-state index contributed by atoms with van der Waals surface area (Å²) in [5, 5.41) is 4.55. The zero-order valence-electron chi connectivity index (χ0n) is 18.2. The standard InChI is InChI=1S/C23H18FN5O5S/c1-29-23(32)17-10-3-2-9-16(17)20(27-29)22(31)26-25-21(30)14-7-6-8-15(13-14)35(33,34)28-19-12-5-4-11-18(19)24/h2-13,28H,1H3,(H,25,30)(H,26,31). The van der Waals surface area contributed by atoms with Gasteiger partial charge in [0.1, 0.15) is 5.82 Å². The van der Waals surface area contributed by atoms with Gasteiger partial charge in [-0.1, -0.05) is 36.4 Å². The van der Waals surface area contributed by atoms with Gasteiger partial charge in [-0.15, -0.1) is 0 Å². The molecule has 0 saturated carbocycles. The Hall–Kier alpha value is -4.58. The molecule has 178 valence electrons. The van der Waals surface area contributed by atoms with E-state index in [1.807, 2.05) is 0 Å². The van der Waals surface area contributed by atoms with E-state index in [0.717, 1.165) is 16.8 Å². The Balaban J connectivity index is 1.52. The van der Waals surface area contributed by atoms with Crippen LogP contribution in [0.1, 0.15) is 20.8 Å². The largest absolute Gasteiger partial charge is 0.290 e. The molecule has 0 spiro atoms. The Morgan fingerprint density at radius 1 is 0.886 bits per heavy atom. The third kappa shape index (κ3) is 4.87. The van der Waals surface area contributed by atoms with E-state index in [9.17, 15) is 27.2 Å². The van der Waals surface area contributed by atoms with Crippen molar-refractivity contribution in [3.05, 3.63) is 100 Å². The lowest BCUT2D eigenvalue weighted by Crippen LogP contribution is -2.42. The van der Waals surface area contributed by atoms with Gasteiger partial charge in [0.05, 0.1) is 16.0 Å². The topological polar surface area (TPSA) is 139 Å². The third-order valence-corrected chi connectivity index (χ3v) is 6.35. The van der Waals surface area contributed by atoms with Crippen molar-refractivity contribution in [1.29, 1.82) is 0 Å². The molecule has 0 fully saturated rings. The number of sulfonamides is 1. The maximum Gasteiger partial charge on any atom is 0.290 e. The van der Waals surface area contributed by atoms with Crippen LogP contribution in [0.2, 0.25) is 0 Å². The number of nitrogens with one attached hydrogen (secondary N) is 3. The molecule has 0 bridgehead atoms. The maximum absolute atomic E-state index is 13.8. The van der Waals surface area contributed by atoms with Crippen LogP contribution in [0, 0.1) is 5.82 Å². The summed E-state index contributed by atoms with van der Waals surface area (Å²) >= 11 is 0. The van der Waals surface area contributed by atoms with Gasteiger partial charge in [0, 0.05) is 18.0 Å². The molecule has 0 aliphatic carbocycles. The number of para-hydroxylation sites is 1. The minimum Gasteiger partial charge on any atom is -0.277 e. The minimum atomic E-state index is -4.20. The average molecular weight is 495 g/mol. The summed E-state index contributed by atoms with van der Waals surface area (Å²) in [6, 6.07) is 16.6. The van der Waals surface area contributed by atoms with E-state index in [2.05, 4.69) is 20.7 Å². The van der Waals surface area contributed by atoms with E-state index in [0.29, 0.717) is 5.39 Å². The summed E-state index contributed by atoms with van der Waals surface area (Å²) in [4.78, 5) is 37.2. The van der Waals surface area contributed by atoms with E-state index in [1.165, 1.54) is 43.4 Å². The number of benzene rings is 3. The number of rotatable bonds is 5. The molecular formula is C23H18FN5O5S. The Bertz CT molecular complexity index is 1640. The second-order valence-electron chi connectivity index (χ2n) is 7.34. The number of hydrazine groups is 1. The van der Waals surface area contributed by atoms with Gasteiger partial charge >= 0.3 is 0 Å². The van der Waals surface area contributed by atoms with Crippen molar-refractivity contribution in [1.82, 2.24) is 20.6 Å². The number of anilines is 1. The van der Waals surface area contributed by atoms with Crippen LogP contribution in [-0.4, -0.2) is 30.0 Å². The van der Waals surface area contributed by atoms with Crippen molar-refractivity contribution in [3.8, 4) is 0 Å². The number of amides is 2. The Labute approximate surface area is 198 Å². The molecule has 0 unspecified atom stereocenters. The number of nitrogens with zero attached hydrogens (tertiary/aromatic N) is 2. The van der Waals surface area contributed by atoms with E-state index in [-0.39, 0.29) is 32.8 Å². The predicted molar refractivity (Wildman–Crippen MR) is 126 cm³/mol. The van der Waals surface area contributed by atoms with Gasteiger partial charge in [-0.25, -0.2) is 17.5 Å². The van der Waals surface area contributed by atoms with Gasteiger partial charge in [0.15, 0.2) is 5.69 Å². The summed E-state index contributed by atoms with van der Waals surface area (Å²) < 4.78 is 42.3. The average Bonchev–Trinajstić information content (AvgIpc) is 2.86. The fourth-order valence-corrected chi connectivity index (χ4v) is 4.38. The van der Waals surface area contributed by atoms with Crippen molar-refractivity contribution in [2.24, 2.45) is 7.05 Å². The highest BCUT2D eigenvalue weighted by atomic mass is 32.2. The summed E-state index contributed by atoms with van der Waals surface area (Å²) in [6.07, 6.45) is 0. The molecule has 4 aromatic rings. The van der Waals surface area contributed by atoms with Crippen molar-refractivity contribution in [2.45, 2.75) is 4.90 Å². The lowest BCUT2D eigenvalue weighted by Gasteiger charge is -2.11. The summed E-state index contributed by atoms with van der Waals surface area (Å²) in [7, 11) is -2.80. The Morgan fingerprint density at radius 2 is 1.54 bits per heavy atom. The molecule has 3 aromatic carbocycles. The van der Waals surface area contributed by atoms with E-state index in [1.54, 1.807) is 24.3 Å². The number of halogens is 1. The molecule has 0 atom stereocenters. The zero-order valence-corrected chi connectivity index (χ0v) is 19.0. The smallest absolute Gasteiger partial charge is 0.277 e. The first kappa shape index (κ1) is 23.6. The number of aryl methyl sites for hydroxylation is 1. The lowest BCUT2D eigenvalue weighted by molar-refractivity contribution is 0.0843. The van der Waals surface area contributed by atoms with Gasteiger partial charge in [0.2, 0.25) is 0 Å². The predicted octanol–water partition coefficient (Wildman–Crippen LogP) is 1.95. The lowest BCUT2D eigenvalue weighted by atomic mass is 10.1. The van der Waals surface area contributed by atoms with Crippen LogP contribution in [0.4, 0.5) is 10.1 Å². The van der Waals surface area contributed by atoms with E-state index in [4.69, 9.17) is 0 Å². The molecule has 35 heavy (non-hydrogen) atoms. The monoisotopic (exact) mass is 495 g/mol. The number of hydrogen-bond donors (Lipinski definition) is 3. The SMILES string of the molecule is Cn1nc(C(=O)NNC(=O)c2cccc(S(=O)(=O)Nc3ccccc3F)c2)c2ccccc2c1=O. The molecule has 2 amide bonds. The first-order chi connectivity index (χ1) is 16.7. The van der Waals surface area contributed by atoms with Crippen LogP contribution in [-0.2, 0) is 17.1 Å². The van der Waals surface area contributed by atoms with Crippen molar-refractivity contribution in [3.63, 3.8) is 0 Å². The molecule has 0 aliphatic rings. The molecular weight excluding hydrogens is 477 g/mol. The molecule has 1 aromatic heterocycles. The molecule has 3 N–H and O–H groups in total. The highest BCUT2D eigenvalue weighted by Crippen LogP contribution is 2.19. The molecule has 10 nitrogen and oxygen atoms in total. The minimum absolute atomic E-state index is 0.0833. The third-order valence-electron chi connectivity index (χ3n) is 4.99. The molecule has 12 heteroatoms. The maximum atomic E-state index is 13.8. The zero-order chi connectivity index (χ0) is 25.2. The Morgan fingerprint density at radius 3 is 2.29 bits per heavy atom. The fourth-order valence-electron chi connectivity index (χ4n) is 3.26. The molecule has 1 heterocycles. The molecule has 0 radical (unpaired) electrons. The van der Waals surface area contributed by atoms with Crippen LogP contribution in [0.15, 0.2) is 82.5 Å². The van der Waals surface area contributed by atoms with Crippen LogP contribution in [0.5, 0.6) is 0 Å². The van der Waals surface area contributed by atoms with Gasteiger partial charge in [-0.05, 0) is 36.4 Å². The van der Waals surface area contributed by atoms with Crippen molar-refractivity contribution < 1.29 is 22.4 Å². The molecule has 4 rings (SSSR count). The number of carbonyl (C=O) groups is 2. The highest BCUT2D eigenvalue weighted by Gasteiger charge is 2.20. The number of fused-ring (bicyclic) bond motifs is 1. The van der Waals surface area contributed by atoms with E-state index >= 15 is 0 Å². The highest BCUT2D eigenvalue weighted by molar-refractivity contribution is 7.92. The number of carbonyl (C=O) groups excluding carboxylic acids is 2. The van der Waals surface area contributed by atoms with Gasteiger partial charge in [-0.2, -0.15) is 5.10 Å². The second-order valence-corrected chi connectivity index (χ2v) is 9.03. The first-order valence-corrected chi connectivity index (χ1v) is 11.6. The van der Waals surface area contributed by atoms with Crippen LogP contribution >= 0.6 is 0 Å². The van der Waals surface area contributed by atoms with Crippen LogP contribution in [0.25, 0.3) is 10.8 Å². The van der Waals surface area contributed by atoms with Gasteiger partial charge in [0.25, 0.3) is 27.4 Å².